The first-order valence-electron chi connectivity index (χ1n) is 11.7. The van der Waals surface area contributed by atoms with Crippen molar-refractivity contribution < 1.29 is 4.42 Å². The molecule has 170 valence electrons. The van der Waals surface area contributed by atoms with Gasteiger partial charge in [0.2, 0.25) is 0 Å². The summed E-state index contributed by atoms with van der Waals surface area (Å²) in [5.41, 5.74) is 4.04. The van der Waals surface area contributed by atoms with E-state index in [-0.39, 0.29) is 0 Å². The van der Waals surface area contributed by atoms with E-state index >= 15 is 0 Å². The Morgan fingerprint density at radius 2 is 1.25 bits per heavy atom. The Hall–Kier alpha value is -4.54. The average molecular weight is 484 g/mol. The lowest BCUT2D eigenvalue weighted by molar-refractivity contribution is 0.669. The molecule has 0 saturated heterocycles. The summed E-state index contributed by atoms with van der Waals surface area (Å²) in [6.45, 7) is 0. The van der Waals surface area contributed by atoms with Gasteiger partial charge in [-0.3, -0.25) is 0 Å². The van der Waals surface area contributed by atoms with Crippen LogP contribution in [0.2, 0.25) is 5.02 Å². The fourth-order valence-electron chi connectivity index (χ4n) is 4.63. The molecule has 0 aliphatic carbocycles. The van der Waals surface area contributed by atoms with E-state index in [1.807, 2.05) is 78.9 Å². The zero-order valence-corrected chi connectivity index (χ0v) is 19.8. The summed E-state index contributed by atoms with van der Waals surface area (Å²) in [6.07, 6.45) is 0. The zero-order chi connectivity index (χ0) is 24.1. The van der Waals surface area contributed by atoms with Crippen molar-refractivity contribution in [2.45, 2.75) is 0 Å². The summed E-state index contributed by atoms with van der Waals surface area (Å²) in [5.74, 6) is 1.74. The smallest absolute Gasteiger partial charge is 0.167 e. The molecule has 0 bridgehead atoms. The second-order valence-electron chi connectivity index (χ2n) is 8.63. The van der Waals surface area contributed by atoms with E-state index < -0.39 is 0 Å². The standard InChI is InChI=1S/C31H18ClN3O/c32-25-17-16-24(28-27(25)23-12-6-7-13-26(23)36-28)31-34-29(20-9-2-1-3-10-20)33-30(35-31)22-15-14-19-8-4-5-11-21(19)18-22/h1-18H. The first-order chi connectivity index (χ1) is 17.7. The van der Waals surface area contributed by atoms with Gasteiger partial charge in [-0.1, -0.05) is 96.5 Å². The third-order valence-corrected chi connectivity index (χ3v) is 6.71. The molecule has 0 unspecified atom stereocenters. The van der Waals surface area contributed by atoms with E-state index in [2.05, 4.69) is 30.3 Å². The molecule has 0 spiro atoms. The highest BCUT2D eigenvalue weighted by atomic mass is 35.5. The summed E-state index contributed by atoms with van der Waals surface area (Å²) >= 11 is 6.63. The minimum absolute atomic E-state index is 0.535. The third kappa shape index (κ3) is 3.43. The van der Waals surface area contributed by atoms with Gasteiger partial charge in [-0.2, -0.15) is 0 Å². The monoisotopic (exact) mass is 483 g/mol. The van der Waals surface area contributed by atoms with Crippen molar-refractivity contribution in [3.63, 3.8) is 0 Å². The Morgan fingerprint density at radius 1 is 0.556 bits per heavy atom. The van der Waals surface area contributed by atoms with Gasteiger partial charge >= 0.3 is 0 Å². The van der Waals surface area contributed by atoms with Crippen LogP contribution in [0.15, 0.2) is 114 Å². The Morgan fingerprint density at radius 3 is 2.11 bits per heavy atom. The fraction of sp³-hybridized carbons (Fsp3) is 0. The van der Waals surface area contributed by atoms with Gasteiger partial charge in [-0.25, -0.2) is 15.0 Å². The molecule has 2 heterocycles. The molecule has 5 aromatic carbocycles. The molecule has 0 N–H and O–H groups in total. The van der Waals surface area contributed by atoms with E-state index in [4.69, 9.17) is 31.0 Å². The van der Waals surface area contributed by atoms with Crippen LogP contribution < -0.4 is 0 Å². The highest BCUT2D eigenvalue weighted by Gasteiger charge is 2.19. The van der Waals surface area contributed by atoms with Gasteiger partial charge < -0.3 is 4.42 Å². The summed E-state index contributed by atoms with van der Waals surface area (Å²) in [6, 6.07) is 36.1. The average Bonchev–Trinajstić information content (AvgIpc) is 3.34. The number of aromatic nitrogens is 3. The van der Waals surface area contributed by atoms with E-state index in [9.17, 15) is 0 Å². The molecule has 4 nitrogen and oxygen atoms in total. The predicted molar refractivity (Wildman–Crippen MR) is 146 cm³/mol. The molecule has 0 radical (unpaired) electrons. The summed E-state index contributed by atoms with van der Waals surface area (Å²) in [7, 11) is 0. The van der Waals surface area contributed by atoms with E-state index in [0.717, 1.165) is 38.4 Å². The zero-order valence-electron chi connectivity index (χ0n) is 19.0. The van der Waals surface area contributed by atoms with Crippen LogP contribution in [-0.4, -0.2) is 15.0 Å². The van der Waals surface area contributed by atoms with E-state index in [0.29, 0.717) is 28.1 Å². The van der Waals surface area contributed by atoms with Gasteiger partial charge in [0.15, 0.2) is 17.5 Å². The summed E-state index contributed by atoms with van der Waals surface area (Å²) in [5, 5.41) is 4.75. The molecule has 0 saturated carbocycles. The molecule has 36 heavy (non-hydrogen) atoms. The van der Waals surface area contributed by atoms with Crippen molar-refractivity contribution in [2.24, 2.45) is 0 Å². The molecule has 0 aliphatic heterocycles. The number of benzene rings is 5. The van der Waals surface area contributed by atoms with Gasteiger partial charge in [0, 0.05) is 21.9 Å². The van der Waals surface area contributed by atoms with Gasteiger partial charge in [-0.05, 0) is 35.0 Å². The van der Waals surface area contributed by atoms with Crippen LogP contribution in [0.4, 0.5) is 0 Å². The molecular weight excluding hydrogens is 466 g/mol. The van der Waals surface area contributed by atoms with Crippen LogP contribution in [0.5, 0.6) is 0 Å². The molecule has 7 rings (SSSR count). The van der Waals surface area contributed by atoms with E-state index in [1.165, 1.54) is 5.39 Å². The second kappa shape index (κ2) is 8.29. The second-order valence-corrected chi connectivity index (χ2v) is 9.04. The Kier molecular flexibility index (Phi) is 4.79. The van der Waals surface area contributed by atoms with Crippen LogP contribution in [0.1, 0.15) is 0 Å². The van der Waals surface area contributed by atoms with Crippen LogP contribution in [0.25, 0.3) is 66.9 Å². The van der Waals surface area contributed by atoms with Gasteiger partial charge in [0.25, 0.3) is 0 Å². The van der Waals surface area contributed by atoms with Crippen molar-refractivity contribution in [2.75, 3.05) is 0 Å². The Labute approximate surface area is 211 Å². The molecule has 2 aromatic heterocycles. The van der Waals surface area contributed by atoms with Crippen LogP contribution in [0, 0.1) is 0 Å². The van der Waals surface area contributed by atoms with Crippen LogP contribution in [-0.2, 0) is 0 Å². The SMILES string of the molecule is Clc1ccc(-c2nc(-c3ccccc3)nc(-c3ccc4ccccc4c3)n2)c2oc3ccccc3c12. The third-order valence-electron chi connectivity index (χ3n) is 6.39. The van der Waals surface area contributed by atoms with Crippen molar-refractivity contribution in [3.05, 3.63) is 114 Å². The number of furan rings is 1. The molecule has 5 heteroatoms. The number of halogens is 1. The maximum absolute atomic E-state index is 6.63. The molecular formula is C31H18ClN3O. The molecule has 0 amide bonds. The minimum atomic E-state index is 0.535. The molecule has 0 aliphatic rings. The lowest BCUT2D eigenvalue weighted by Crippen LogP contribution is -2.00. The number of para-hydroxylation sites is 1. The maximum atomic E-state index is 6.63. The van der Waals surface area contributed by atoms with Crippen LogP contribution >= 0.6 is 11.6 Å². The van der Waals surface area contributed by atoms with Gasteiger partial charge in [0.1, 0.15) is 11.2 Å². The largest absolute Gasteiger partial charge is 0.455 e. The highest BCUT2D eigenvalue weighted by molar-refractivity contribution is 6.38. The topological polar surface area (TPSA) is 51.8 Å². The number of fused-ring (bicyclic) bond motifs is 4. The maximum Gasteiger partial charge on any atom is 0.167 e. The predicted octanol–water partition coefficient (Wildman–Crippen LogP) is 8.58. The first-order valence-corrected chi connectivity index (χ1v) is 12.0. The number of rotatable bonds is 3. The lowest BCUT2D eigenvalue weighted by atomic mass is 10.1. The normalized spacial score (nSPS) is 11.5. The Balaban J connectivity index is 1.51. The van der Waals surface area contributed by atoms with Gasteiger partial charge in [0.05, 0.1) is 10.6 Å². The van der Waals surface area contributed by atoms with Crippen molar-refractivity contribution in [1.29, 1.82) is 0 Å². The number of hydrogen-bond acceptors (Lipinski definition) is 4. The molecule has 0 atom stereocenters. The Bertz CT molecular complexity index is 1910. The summed E-state index contributed by atoms with van der Waals surface area (Å²) in [4.78, 5) is 14.7. The van der Waals surface area contributed by atoms with Gasteiger partial charge in [-0.15, -0.1) is 0 Å². The number of nitrogens with zero attached hydrogens (tertiary/aromatic N) is 3. The summed E-state index contributed by atoms with van der Waals surface area (Å²) < 4.78 is 6.28. The van der Waals surface area contributed by atoms with Crippen LogP contribution in [0.3, 0.4) is 0 Å². The van der Waals surface area contributed by atoms with Crippen molar-refractivity contribution in [3.8, 4) is 34.2 Å². The quantitative estimate of drug-likeness (QED) is 0.252. The fourth-order valence-corrected chi connectivity index (χ4v) is 4.88. The van der Waals surface area contributed by atoms with Crippen molar-refractivity contribution >= 4 is 44.3 Å². The minimum Gasteiger partial charge on any atom is -0.455 e. The first kappa shape index (κ1) is 20.8. The molecule has 7 aromatic rings. The van der Waals surface area contributed by atoms with E-state index in [1.54, 1.807) is 0 Å². The lowest BCUT2D eigenvalue weighted by Gasteiger charge is -2.09. The highest BCUT2D eigenvalue weighted by Crippen LogP contribution is 2.39. The molecule has 0 fully saturated rings. The van der Waals surface area contributed by atoms with Crippen molar-refractivity contribution in [1.82, 2.24) is 15.0 Å². The number of hydrogen-bond donors (Lipinski definition) is 0.